The Morgan fingerprint density at radius 1 is 1.45 bits per heavy atom. The van der Waals surface area contributed by atoms with E-state index in [0.717, 1.165) is 31.0 Å². The van der Waals surface area contributed by atoms with Crippen molar-refractivity contribution in [3.63, 3.8) is 0 Å². The molecule has 1 amide bonds. The number of thioether (sulfide) groups is 1. The number of hydrogen-bond acceptors (Lipinski definition) is 4. The van der Waals surface area contributed by atoms with E-state index in [1.54, 1.807) is 17.8 Å². The average molecular weight is 295 g/mol. The van der Waals surface area contributed by atoms with Crippen LogP contribution in [0.15, 0.2) is 18.2 Å². The molecule has 112 valence electrons. The van der Waals surface area contributed by atoms with Crippen LogP contribution in [-0.4, -0.2) is 47.4 Å². The van der Waals surface area contributed by atoms with Gasteiger partial charge in [0.05, 0.1) is 0 Å². The van der Waals surface area contributed by atoms with E-state index in [0.29, 0.717) is 5.69 Å². The van der Waals surface area contributed by atoms with Gasteiger partial charge in [-0.25, -0.2) is 4.98 Å². The van der Waals surface area contributed by atoms with Gasteiger partial charge in [-0.1, -0.05) is 19.9 Å². The number of nitrogens with one attached hydrogen (secondary N) is 1. The molecule has 20 heavy (non-hydrogen) atoms. The fourth-order valence-corrected chi connectivity index (χ4v) is 2.79. The third-order valence-corrected chi connectivity index (χ3v) is 3.94. The van der Waals surface area contributed by atoms with E-state index < -0.39 is 0 Å². The molecule has 0 spiro atoms. The first kappa shape index (κ1) is 16.8. The number of pyridine rings is 1. The van der Waals surface area contributed by atoms with Gasteiger partial charge in [-0.15, -0.1) is 0 Å². The molecule has 4 nitrogen and oxygen atoms in total. The van der Waals surface area contributed by atoms with Crippen LogP contribution >= 0.6 is 11.8 Å². The zero-order chi connectivity index (χ0) is 15.0. The Hall–Kier alpha value is -1.23. The molecule has 5 heteroatoms. The van der Waals surface area contributed by atoms with Gasteiger partial charge in [0.2, 0.25) is 0 Å². The van der Waals surface area contributed by atoms with Crippen molar-refractivity contribution in [2.75, 3.05) is 30.9 Å². The van der Waals surface area contributed by atoms with Gasteiger partial charge < -0.3 is 10.2 Å². The van der Waals surface area contributed by atoms with Crippen molar-refractivity contribution in [1.82, 2.24) is 9.88 Å². The molecule has 0 aromatic carbocycles. The zero-order valence-corrected chi connectivity index (χ0v) is 13.7. The van der Waals surface area contributed by atoms with E-state index in [2.05, 4.69) is 30.4 Å². The van der Waals surface area contributed by atoms with Gasteiger partial charge in [-0.2, -0.15) is 11.8 Å². The largest absolute Gasteiger partial charge is 0.370 e. The van der Waals surface area contributed by atoms with E-state index >= 15 is 0 Å². The Kier molecular flexibility index (Phi) is 7.44. The van der Waals surface area contributed by atoms with Crippen LogP contribution in [0.1, 0.15) is 37.2 Å². The number of anilines is 1. The van der Waals surface area contributed by atoms with Gasteiger partial charge >= 0.3 is 0 Å². The number of rotatable bonds is 8. The predicted octanol–water partition coefficient (Wildman–Crippen LogP) is 3.12. The summed E-state index contributed by atoms with van der Waals surface area (Å²) in [5.74, 6) is 1.71. The summed E-state index contributed by atoms with van der Waals surface area (Å²) >= 11 is 1.76. The lowest BCUT2D eigenvalue weighted by atomic mass is 10.2. The molecule has 1 N–H and O–H groups in total. The number of hydrogen-bond donors (Lipinski definition) is 1. The van der Waals surface area contributed by atoms with Crippen LogP contribution in [0.2, 0.25) is 0 Å². The number of carbonyl (C=O) groups excluding carboxylic acids is 1. The minimum Gasteiger partial charge on any atom is -0.370 e. The summed E-state index contributed by atoms with van der Waals surface area (Å²) in [7, 11) is 1.86. The second-order valence-electron chi connectivity index (χ2n) is 4.77. The highest BCUT2D eigenvalue weighted by Gasteiger charge is 2.20. The molecule has 1 heterocycles. The fraction of sp³-hybridized carbons (Fsp3) is 0.600. The average Bonchev–Trinajstić information content (AvgIpc) is 2.49. The molecule has 0 saturated heterocycles. The molecular formula is C15H25N3OS. The molecule has 0 radical (unpaired) electrons. The maximum absolute atomic E-state index is 12.5. The molecule has 0 saturated carbocycles. The maximum atomic E-state index is 12.5. The van der Waals surface area contributed by atoms with Gasteiger partial charge in [-0.05, 0) is 31.2 Å². The molecule has 0 aliphatic heterocycles. The van der Waals surface area contributed by atoms with Crippen molar-refractivity contribution >= 4 is 23.5 Å². The monoisotopic (exact) mass is 295 g/mol. The van der Waals surface area contributed by atoms with Crippen LogP contribution in [0.4, 0.5) is 5.82 Å². The van der Waals surface area contributed by atoms with E-state index in [9.17, 15) is 4.79 Å². The Morgan fingerprint density at radius 2 is 2.20 bits per heavy atom. The second-order valence-corrected chi connectivity index (χ2v) is 5.68. The predicted molar refractivity (Wildman–Crippen MR) is 87.6 cm³/mol. The third-order valence-electron chi connectivity index (χ3n) is 3.22. The van der Waals surface area contributed by atoms with Crippen LogP contribution in [0, 0.1) is 0 Å². The Labute approximate surface area is 126 Å². The molecule has 0 fully saturated rings. The quantitative estimate of drug-likeness (QED) is 0.800. The van der Waals surface area contributed by atoms with Crippen molar-refractivity contribution < 1.29 is 4.79 Å². The number of amides is 1. The van der Waals surface area contributed by atoms with Gasteiger partial charge in [0.15, 0.2) is 0 Å². The molecule has 0 aliphatic carbocycles. The molecule has 1 unspecified atom stereocenters. The smallest absolute Gasteiger partial charge is 0.272 e. The van der Waals surface area contributed by atoms with Crippen LogP contribution in [0.3, 0.4) is 0 Å². The second kappa shape index (κ2) is 8.84. The Balaban J connectivity index is 2.79. The molecule has 0 bridgehead atoms. The van der Waals surface area contributed by atoms with Crippen molar-refractivity contribution in [2.45, 2.75) is 32.7 Å². The van der Waals surface area contributed by atoms with E-state index in [1.807, 2.05) is 24.1 Å². The molecular weight excluding hydrogens is 270 g/mol. The minimum atomic E-state index is -0.00829. The highest BCUT2D eigenvalue weighted by atomic mass is 32.2. The molecule has 1 atom stereocenters. The van der Waals surface area contributed by atoms with Crippen molar-refractivity contribution in [2.24, 2.45) is 0 Å². The topological polar surface area (TPSA) is 45.2 Å². The Morgan fingerprint density at radius 3 is 2.80 bits per heavy atom. The highest BCUT2D eigenvalue weighted by molar-refractivity contribution is 7.98. The van der Waals surface area contributed by atoms with Crippen LogP contribution in [0.5, 0.6) is 0 Å². The van der Waals surface area contributed by atoms with Crippen LogP contribution in [-0.2, 0) is 0 Å². The van der Waals surface area contributed by atoms with Gasteiger partial charge in [0.25, 0.3) is 5.91 Å². The molecule has 1 rings (SSSR count). The minimum absolute atomic E-state index is 0.00829. The summed E-state index contributed by atoms with van der Waals surface area (Å²) in [5.41, 5.74) is 0.508. The maximum Gasteiger partial charge on any atom is 0.272 e. The lowest BCUT2D eigenvalue weighted by Crippen LogP contribution is -2.38. The first-order valence-electron chi connectivity index (χ1n) is 7.11. The summed E-state index contributed by atoms with van der Waals surface area (Å²) in [4.78, 5) is 18.7. The fourth-order valence-electron chi connectivity index (χ4n) is 1.95. The zero-order valence-electron chi connectivity index (χ0n) is 12.8. The number of carbonyl (C=O) groups is 1. The van der Waals surface area contributed by atoms with E-state index in [-0.39, 0.29) is 11.9 Å². The lowest BCUT2D eigenvalue weighted by Gasteiger charge is -2.26. The van der Waals surface area contributed by atoms with Crippen molar-refractivity contribution in [1.29, 1.82) is 0 Å². The third kappa shape index (κ3) is 4.71. The van der Waals surface area contributed by atoms with E-state index in [4.69, 9.17) is 0 Å². The highest BCUT2D eigenvalue weighted by Crippen LogP contribution is 2.13. The summed E-state index contributed by atoms with van der Waals surface area (Å²) in [6.07, 6.45) is 4.05. The van der Waals surface area contributed by atoms with Crippen molar-refractivity contribution in [3.05, 3.63) is 23.9 Å². The molecule has 1 aromatic heterocycles. The van der Waals surface area contributed by atoms with Gasteiger partial charge in [0.1, 0.15) is 11.5 Å². The summed E-state index contributed by atoms with van der Waals surface area (Å²) < 4.78 is 0. The normalized spacial score (nSPS) is 12.0. The standard InChI is InChI=1S/C15H25N3OS/c1-5-10-16-14-9-7-8-13(17-14)15(19)18(3)12(6-2)11-20-4/h7-9,12H,5-6,10-11H2,1-4H3,(H,16,17). The van der Waals surface area contributed by atoms with Crippen LogP contribution < -0.4 is 5.32 Å². The summed E-state index contributed by atoms with van der Waals surface area (Å²) in [6, 6.07) is 5.81. The summed E-state index contributed by atoms with van der Waals surface area (Å²) in [5, 5.41) is 3.21. The molecule has 0 aliphatic rings. The number of nitrogens with zero attached hydrogens (tertiary/aromatic N) is 2. The lowest BCUT2D eigenvalue weighted by molar-refractivity contribution is 0.0738. The molecule has 1 aromatic rings. The van der Waals surface area contributed by atoms with E-state index in [1.165, 1.54) is 0 Å². The SMILES string of the molecule is CCCNc1cccc(C(=O)N(C)C(CC)CSC)n1. The first-order valence-corrected chi connectivity index (χ1v) is 8.50. The first-order chi connectivity index (χ1) is 9.63. The summed E-state index contributed by atoms with van der Waals surface area (Å²) in [6.45, 7) is 5.08. The number of aromatic nitrogens is 1. The Bertz CT molecular complexity index is 425. The van der Waals surface area contributed by atoms with Gasteiger partial charge in [-0.3, -0.25) is 4.79 Å². The van der Waals surface area contributed by atoms with Crippen LogP contribution in [0.25, 0.3) is 0 Å². The van der Waals surface area contributed by atoms with Gasteiger partial charge in [0, 0.05) is 25.4 Å². The van der Waals surface area contributed by atoms with Crippen molar-refractivity contribution in [3.8, 4) is 0 Å².